The molecule has 2 unspecified atom stereocenters. The van der Waals surface area contributed by atoms with E-state index in [1.807, 2.05) is 0 Å². The molecule has 0 saturated carbocycles. The highest BCUT2D eigenvalue weighted by atomic mass is 15.3. The van der Waals surface area contributed by atoms with Gasteiger partial charge in [0.1, 0.15) is 11.4 Å². The Morgan fingerprint density at radius 1 is 0.312 bits per heavy atom. The molecule has 1 aliphatic carbocycles. The molecule has 18 rings (SSSR count). The highest BCUT2D eigenvalue weighted by Crippen LogP contribution is 2.63. The summed E-state index contributed by atoms with van der Waals surface area (Å²) in [5.74, 6) is 0.0606. The quantitative estimate of drug-likeness (QED) is 0.0892. The van der Waals surface area contributed by atoms with Gasteiger partial charge in [-0.25, -0.2) is 4.48 Å². The van der Waals surface area contributed by atoms with Crippen molar-refractivity contribution in [2.75, 3.05) is 16.8 Å². The minimum atomic E-state index is -0.788. The van der Waals surface area contributed by atoms with Gasteiger partial charge in [0.25, 0.3) is 0 Å². The molecule has 1 aliphatic heterocycles. The van der Waals surface area contributed by atoms with E-state index < -0.39 is 5.41 Å². The molecule has 0 N–H and O–H groups in total. The lowest BCUT2D eigenvalue weighted by Crippen LogP contribution is -2.36. The number of benzene rings is 15. The van der Waals surface area contributed by atoms with Crippen LogP contribution in [0.3, 0.4) is 0 Å². The highest BCUT2D eigenvalue weighted by molar-refractivity contribution is 6.13. The standard InChI is InChI=1S/C89H63N4/c1-93(86-46-23-32-62-26-15-17-38-74(62)86,71-54-51-68(52-55-71)90(66-33-10-4-11-34-66)67-35-12-5-13-36-67)72-56-58-76-75-57-53-70(59-81(75)89(82(76)60-72)79-41-19-21-44-85(79)92-84-43-20-18-39-77(84)78-40-24-42-80(89)88(78)92)91(83-45-22-31-61-25-14-16-37-73(61)83)69-49-47-65(48-50-69)87(63-27-6-2-7-28-63)64-29-8-3-9-30-64/h2-60,87H,1H3/q+1. The molecule has 1 aromatic heterocycles. The Labute approximate surface area is 542 Å². The van der Waals surface area contributed by atoms with Gasteiger partial charge in [0, 0.05) is 86.2 Å². The number of rotatable bonds is 12. The minimum absolute atomic E-state index is 0.0606. The molecule has 0 radical (unpaired) electrons. The number of aromatic nitrogens is 1. The Bertz CT molecular complexity index is 5440. The van der Waals surface area contributed by atoms with Gasteiger partial charge in [-0.05, 0) is 152 Å². The Morgan fingerprint density at radius 3 is 1.47 bits per heavy atom. The highest BCUT2D eigenvalue weighted by Gasteiger charge is 2.52. The van der Waals surface area contributed by atoms with Gasteiger partial charge >= 0.3 is 0 Å². The van der Waals surface area contributed by atoms with Crippen molar-refractivity contribution in [3.8, 4) is 16.8 Å². The second-order valence-corrected chi connectivity index (χ2v) is 25.0. The SMILES string of the molecule is C[N+](c1ccc(N(c2ccccc2)c2ccccc2)cc1)(c1ccc2c(c1)C1(c3cc(N(c4ccc(C(c5ccccc5)c5ccccc5)cc4)c4cccc5ccccc45)ccc3-2)c2ccccc2-n2c3ccccc3c3cccc1c32)c1cccc2ccccc12. The number of hydrogen-bond acceptors (Lipinski definition) is 2. The first-order chi connectivity index (χ1) is 46.0. The summed E-state index contributed by atoms with van der Waals surface area (Å²) >= 11 is 0. The third kappa shape index (κ3) is 8.36. The summed E-state index contributed by atoms with van der Waals surface area (Å²) in [6.45, 7) is 0. The number of hydrogen-bond donors (Lipinski definition) is 0. The van der Waals surface area contributed by atoms with Gasteiger partial charge in [0.15, 0.2) is 5.69 Å². The zero-order chi connectivity index (χ0) is 61.6. The zero-order valence-corrected chi connectivity index (χ0v) is 51.4. The van der Waals surface area contributed by atoms with Gasteiger partial charge < -0.3 is 14.4 Å². The smallest absolute Gasteiger partial charge is 0.150 e. The maximum atomic E-state index is 2.59. The molecule has 2 aliphatic rings. The molecule has 2 atom stereocenters. The predicted molar refractivity (Wildman–Crippen MR) is 390 cm³/mol. The molecule has 438 valence electrons. The molecular weight excluding hydrogens is 1130 g/mol. The number of para-hydroxylation sites is 5. The van der Waals surface area contributed by atoms with E-state index in [0.29, 0.717) is 4.48 Å². The number of fused-ring (bicyclic) bond motifs is 14. The summed E-state index contributed by atoms with van der Waals surface area (Å²) < 4.78 is 2.95. The van der Waals surface area contributed by atoms with E-state index in [0.717, 1.165) is 45.5 Å². The maximum absolute atomic E-state index is 2.59. The van der Waals surface area contributed by atoms with Crippen LogP contribution in [-0.2, 0) is 5.41 Å². The maximum Gasteiger partial charge on any atom is 0.150 e. The molecular formula is C89H63N4+. The summed E-state index contributed by atoms with van der Waals surface area (Å²) in [5, 5.41) is 7.27. The third-order valence-electron chi connectivity index (χ3n) is 20.2. The Morgan fingerprint density at radius 2 is 0.774 bits per heavy atom. The van der Waals surface area contributed by atoms with Crippen LogP contribution in [0.25, 0.3) is 60.2 Å². The third-order valence-corrected chi connectivity index (χ3v) is 20.2. The number of quaternary nitrogens is 1. The Hall–Kier alpha value is -11.8. The monoisotopic (exact) mass is 1190 g/mol. The van der Waals surface area contributed by atoms with E-state index in [1.54, 1.807) is 0 Å². The van der Waals surface area contributed by atoms with Crippen molar-refractivity contribution >= 4 is 94.5 Å². The summed E-state index contributed by atoms with van der Waals surface area (Å²) in [6, 6.07) is 133. The lowest BCUT2D eigenvalue weighted by molar-refractivity contribution is 0.629. The van der Waals surface area contributed by atoms with Crippen molar-refractivity contribution in [1.82, 2.24) is 9.05 Å². The summed E-state index contributed by atoms with van der Waals surface area (Å²) in [7, 11) is 2.40. The zero-order valence-electron chi connectivity index (χ0n) is 51.4. The average molecular weight is 1190 g/mol. The van der Waals surface area contributed by atoms with Gasteiger partial charge in [-0.2, -0.15) is 0 Å². The van der Waals surface area contributed by atoms with Crippen LogP contribution in [0.4, 0.5) is 51.2 Å². The topological polar surface area (TPSA) is 11.4 Å². The van der Waals surface area contributed by atoms with Crippen molar-refractivity contribution in [3.05, 3.63) is 397 Å². The van der Waals surface area contributed by atoms with E-state index in [2.05, 4.69) is 379 Å². The molecule has 1 spiro atoms. The van der Waals surface area contributed by atoms with Crippen LogP contribution in [0, 0.1) is 0 Å². The molecule has 0 fully saturated rings. The van der Waals surface area contributed by atoms with Crippen LogP contribution >= 0.6 is 0 Å². The van der Waals surface area contributed by atoms with Gasteiger partial charge in [0.05, 0.1) is 34.9 Å². The van der Waals surface area contributed by atoms with Crippen molar-refractivity contribution in [3.63, 3.8) is 0 Å². The van der Waals surface area contributed by atoms with Crippen molar-refractivity contribution < 1.29 is 0 Å². The van der Waals surface area contributed by atoms with Crippen molar-refractivity contribution in [2.45, 2.75) is 11.3 Å². The Kier molecular flexibility index (Phi) is 12.6. The second-order valence-electron chi connectivity index (χ2n) is 25.0. The summed E-state index contributed by atoms with van der Waals surface area (Å²) in [5.41, 5.74) is 24.2. The first-order valence-corrected chi connectivity index (χ1v) is 32.3. The van der Waals surface area contributed by atoms with Gasteiger partial charge in [-0.1, -0.05) is 237 Å². The first-order valence-electron chi connectivity index (χ1n) is 32.3. The minimum Gasteiger partial charge on any atom is -0.310 e. The molecule has 15 aromatic carbocycles. The fourth-order valence-electron chi connectivity index (χ4n) is 16.0. The first kappa shape index (κ1) is 54.1. The number of anilines is 6. The molecule has 16 aromatic rings. The Balaban J connectivity index is 0.885. The van der Waals surface area contributed by atoms with Crippen LogP contribution in [0.5, 0.6) is 0 Å². The molecule has 0 saturated heterocycles. The lowest BCUT2D eigenvalue weighted by atomic mass is 9.65. The molecule has 93 heavy (non-hydrogen) atoms. The van der Waals surface area contributed by atoms with E-state index in [-0.39, 0.29) is 5.92 Å². The van der Waals surface area contributed by atoms with Crippen molar-refractivity contribution in [2.24, 2.45) is 0 Å². The molecule has 0 bridgehead atoms. The van der Waals surface area contributed by atoms with Gasteiger partial charge in [-0.15, -0.1) is 0 Å². The van der Waals surface area contributed by atoms with Crippen LogP contribution in [0.15, 0.2) is 358 Å². The summed E-state index contributed by atoms with van der Waals surface area (Å²) in [6.07, 6.45) is 0. The van der Waals surface area contributed by atoms with Crippen LogP contribution in [-0.4, -0.2) is 11.6 Å². The fourth-order valence-corrected chi connectivity index (χ4v) is 16.0. The van der Waals surface area contributed by atoms with Crippen LogP contribution < -0.4 is 14.3 Å². The molecule has 4 heteroatoms. The predicted octanol–water partition coefficient (Wildman–Crippen LogP) is 23.5. The van der Waals surface area contributed by atoms with E-state index in [4.69, 9.17) is 0 Å². The van der Waals surface area contributed by atoms with Crippen LogP contribution in [0.1, 0.15) is 44.9 Å². The molecule has 4 nitrogen and oxygen atoms in total. The average Bonchev–Trinajstić information content (AvgIpc) is 1.52. The second kappa shape index (κ2) is 21.7. The number of nitrogens with zero attached hydrogens (tertiary/aromatic N) is 4. The van der Waals surface area contributed by atoms with Gasteiger partial charge in [-0.3, -0.25) is 0 Å². The molecule has 0 amide bonds. The molecule has 2 heterocycles. The van der Waals surface area contributed by atoms with E-state index in [1.165, 1.54) is 105 Å². The summed E-state index contributed by atoms with van der Waals surface area (Å²) in [4.78, 5) is 4.86. The largest absolute Gasteiger partial charge is 0.310 e. The van der Waals surface area contributed by atoms with Crippen molar-refractivity contribution in [1.29, 1.82) is 0 Å². The normalized spacial score (nSPS) is 14.3. The van der Waals surface area contributed by atoms with Gasteiger partial charge in [0.2, 0.25) is 0 Å². The van der Waals surface area contributed by atoms with E-state index in [9.17, 15) is 0 Å². The van der Waals surface area contributed by atoms with E-state index >= 15 is 0 Å². The van der Waals surface area contributed by atoms with Crippen LogP contribution in [0.2, 0.25) is 0 Å². The lowest BCUT2D eigenvalue weighted by Gasteiger charge is -2.41. The fraction of sp³-hybridized carbons (Fsp3) is 0.0337.